The van der Waals surface area contributed by atoms with Gasteiger partial charge in [0.15, 0.2) is 0 Å². The van der Waals surface area contributed by atoms with Crippen molar-refractivity contribution in [2.75, 3.05) is 5.32 Å². The van der Waals surface area contributed by atoms with Crippen LogP contribution < -0.4 is 5.32 Å². The molecule has 2 nitrogen and oxygen atoms in total. The van der Waals surface area contributed by atoms with Crippen LogP contribution in [0, 0.1) is 16.3 Å². The molecule has 0 saturated heterocycles. The minimum Gasteiger partial charge on any atom is -0.322 e. The van der Waals surface area contributed by atoms with Crippen LogP contribution in [-0.2, 0) is 0 Å². The van der Waals surface area contributed by atoms with Crippen LogP contribution in [0.5, 0.6) is 0 Å². The van der Waals surface area contributed by atoms with Gasteiger partial charge in [-0.15, -0.1) is 0 Å². The van der Waals surface area contributed by atoms with Gasteiger partial charge in [-0.25, -0.2) is 4.39 Å². The van der Waals surface area contributed by atoms with Crippen molar-refractivity contribution in [2.45, 2.75) is 6.92 Å². The van der Waals surface area contributed by atoms with E-state index >= 15 is 0 Å². The predicted molar refractivity (Wildman–Crippen MR) is 83.3 cm³/mol. The van der Waals surface area contributed by atoms with E-state index in [0.717, 1.165) is 9.13 Å². The van der Waals surface area contributed by atoms with E-state index in [1.54, 1.807) is 6.07 Å². The fourth-order valence-corrected chi connectivity index (χ4v) is 2.23. The molecule has 0 aliphatic rings. The number of hydrogen-bond donors (Lipinski definition) is 1. The summed E-state index contributed by atoms with van der Waals surface area (Å²) in [7, 11) is 0. The highest BCUT2D eigenvalue weighted by atomic mass is 127. The summed E-state index contributed by atoms with van der Waals surface area (Å²) in [6, 6.07) is 9.39. The molecule has 0 aromatic heterocycles. The Labute approximate surface area is 129 Å². The Kier molecular flexibility index (Phi) is 4.42. The summed E-state index contributed by atoms with van der Waals surface area (Å²) in [6.07, 6.45) is 0. The molecule has 0 aliphatic carbocycles. The van der Waals surface area contributed by atoms with Crippen molar-refractivity contribution >= 4 is 45.8 Å². The van der Waals surface area contributed by atoms with Gasteiger partial charge in [-0.1, -0.05) is 17.7 Å². The summed E-state index contributed by atoms with van der Waals surface area (Å²) in [4.78, 5) is 12.0. The third-order valence-electron chi connectivity index (χ3n) is 2.60. The van der Waals surface area contributed by atoms with Gasteiger partial charge in [0, 0.05) is 14.3 Å². The minimum atomic E-state index is -0.594. The van der Waals surface area contributed by atoms with Crippen LogP contribution in [0.4, 0.5) is 10.1 Å². The van der Waals surface area contributed by atoms with Gasteiger partial charge in [-0.05, 0) is 65.4 Å². The SMILES string of the molecule is Cc1ccc(NC(=O)c2cc(Cl)ccc2F)cc1I. The van der Waals surface area contributed by atoms with Gasteiger partial charge >= 0.3 is 0 Å². The highest BCUT2D eigenvalue weighted by molar-refractivity contribution is 14.1. The Morgan fingerprint density at radius 2 is 2.00 bits per heavy atom. The maximum absolute atomic E-state index is 13.5. The first-order valence-corrected chi connectivity index (χ1v) is 6.95. The topological polar surface area (TPSA) is 29.1 Å². The number of rotatable bonds is 2. The van der Waals surface area contributed by atoms with Crippen molar-refractivity contribution < 1.29 is 9.18 Å². The zero-order valence-corrected chi connectivity index (χ0v) is 12.9. The summed E-state index contributed by atoms with van der Waals surface area (Å²) in [5.41, 5.74) is 1.68. The summed E-state index contributed by atoms with van der Waals surface area (Å²) in [6.45, 7) is 1.98. The molecule has 0 bridgehead atoms. The third-order valence-corrected chi connectivity index (χ3v) is 4.00. The van der Waals surface area contributed by atoms with Gasteiger partial charge in [0.25, 0.3) is 5.91 Å². The van der Waals surface area contributed by atoms with Crippen molar-refractivity contribution in [1.82, 2.24) is 0 Å². The number of carbonyl (C=O) groups is 1. The number of halogens is 3. The van der Waals surface area contributed by atoms with Crippen LogP contribution in [0.15, 0.2) is 36.4 Å². The molecule has 0 heterocycles. The number of nitrogens with one attached hydrogen (secondary N) is 1. The number of aryl methyl sites for hydroxylation is 1. The predicted octanol–water partition coefficient (Wildman–Crippen LogP) is 4.64. The minimum absolute atomic E-state index is 0.0666. The lowest BCUT2D eigenvalue weighted by Gasteiger charge is -2.08. The van der Waals surface area contributed by atoms with E-state index in [0.29, 0.717) is 10.7 Å². The number of hydrogen-bond acceptors (Lipinski definition) is 1. The molecule has 2 rings (SSSR count). The molecule has 0 fully saturated rings. The first-order valence-electron chi connectivity index (χ1n) is 5.50. The zero-order chi connectivity index (χ0) is 14.0. The van der Waals surface area contributed by atoms with Crippen molar-refractivity contribution in [2.24, 2.45) is 0 Å². The third kappa shape index (κ3) is 3.45. The average molecular weight is 390 g/mol. The molecule has 1 N–H and O–H groups in total. The summed E-state index contributed by atoms with van der Waals surface area (Å²) in [5, 5.41) is 2.98. The maximum Gasteiger partial charge on any atom is 0.258 e. The van der Waals surface area contributed by atoms with Gasteiger partial charge in [0.1, 0.15) is 5.82 Å². The van der Waals surface area contributed by atoms with Gasteiger partial charge in [-0.3, -0.25) is 4.79 Å². The molecule has 1 amide bonds. The molecule has 5 heteroatoms. The maximum atomic E-state index is 13.5. The lowest BCUT2D eigenvalue weighted by Crippen LogP contribution is -2.13. The smallest absolute Gasteiger partial charge is 0.258 e. The second-order valence-electron chi connectivity index (χ2n) is 4.04. The van der Waals surface area contributed by atoms with E-state index in [9.17, 15) is 9.18 Å². The second-order valence-corrected chi connectivity index (χ2v) is 5.64. The average Bonchev–Trinajstić information content (AvgIpc) is 2.36. The zero-order valence-electron chi connectivity index (χ0n) is 10.0. The number of amides is 1. The Bertz CT molecular complexity index is 645. The van der Waals surface area contributed by atoms with E-state index in [1.807, 2.05) is 19.1 Å². The van der Waals surface area contributed by atoms with Crippen molar-refractivity contribution in [3.63, 3.8) is 0 Å². The molecule has 0 aliphatic heterocycles. The van der Waals surface area contributed by atoms with E-state index in [1.165, 1.54) is 18.2 Å². The van der Waals surface area contributed by atoms with Crippen molar-refractivity contribution in [1.29, 1.82) is 0 Å². The van der Waals surface area contributed by atoms with Gasteiger partial charge in [0.05, 0.1) is 5.56 Å². The van der Waals surface area contributed by atoms with Gasteiger partial charge in [0.2, 0.25) is 0 Å². The van der Waals surface area contributed by atoms with Crippen molar-refractivity contribution in [3.05, 3.63) is 61.9 Å². The Morgan fingerprint density at radius 1 is 1.26 bits per heavy atom. The molecule has 0 unspecified atom stereocenters. The second kappa shape index (κ2) is 5.88. The number of anilines is 1. The first-order chi connectivity index (χ1) is 8.97. The fourth-order valence-electron chi connectivity index (χ4n) is 1.54. The first kappa shape index (κ1) is 14.3. The van der Waals surface area contributed by atoms with E-state index < -0.39 is 11.7 Å². The highest BCUT2D eigenvalue weighted by Crippen LogP contribution is 2.20. The monoisotopic (exact) mass is 389 g/mol. The number of carbonyl (C=O) groups excluding carboxylic acids is 1. The molecule has 0 radical (unpaired) electrons. The highest BCUT2D eigenvalue weighted by Gasteiger charge is 2.12. The van der Waals surface area contributed by atoms with Crippen LogP contribution >= 0.6 is 34.2 Å². The molecule has 98 valence electrons. The van der Waals surface area contributed by atoms with Crippen molar-refractivity contribution in [3.8, 4) is 0 Å². The fraction of sp³-hybridized carbons (Fsp3) is 0.0714. The largest absolute Gasteiger partial charge is 0.322 e. The Hall–Kier alpha value is -1.14. The summed E-state index contributed by atoms with van der Waals surface area (Å²) >= 11 is 7.94. The Balaban J connectivity index is 2.25. The van der Waals surface area contributed by atoms with Crippen LogP contribution in [0.1, 0.15) is 15.9 Å². The van der Waals surface area contributed by atoms with Gasteiger partial charge < -0.3 is 5.32 Å². The summed E-state index contributed by atoms with van der Waals surface area (Å²) in [5.74, 6) is -1.11. The van der Waals surface area contributed by atoms with Crippen LogP contribution in [0.2, 0.25) is 5.02 Å². The molecule has 0 spiro atoms. The molecule has 2 aromatic carbocycles. The quantitative estimate of drug-likeness (QED) is 0.745. The Morgan fingerprint density at radius 3 is 2.68 bits per heavy atom. The molecule has 0 saturated carbocycles. The molecular weight excluding hydrogens is 380 g/mol. The lowest BCUT2D eigenvalue weighted by molar-refractivity contribution is 0.102. The van der Waals surface area contributed by atoms with E-state index in [-0.39, 0.29) is 5.56 Å². The molecule has 19 heavy (non-hydrogen) atoms. The van der Waals surface area contributed by atoms with Gasteiger partial charge in [-0.2, -0.15) is 0 Å². The van der Waals surface area contributed by atoms with Crippen LogP contribution in [0.25, 0.3) is 0 Å². The number of benzene rings is 2. The molecule has 0 atom stereocenters. The lowest BCUT2D eigenvalue weighted by atomic mass is 10.2. The van der Waals surface area contributed by atoms with Crippen LogP contribution in [-0.4, -0.2) is 5.91 Å². The van der Waals surface area contributed by atoms with Crippen LogP contribution in [0.3, 0.4) is 0 Å². The standard InChI is InChI=1S/C14H10ClFINO/c1-8-2-4-10(7-13(8)17)18-14(19)11-6-9(15)3-5-12(11)16/h2-7H,1H3,(H,18,19). The van der Waals surface area contributed by atoms with E-state index in [4.69, 9.17) is 11.6 Å². The summed E-state index contributed by atoms with van der Waals surface area (Å²) < 4.78 is 14.6. The normalized spacial score (nSPS) is 10.3. The molecular formula is C14H10ClFINO. The molecule has 2 aromatic rings. The van der Waals surface area contributed by atoms with E-state index in [2.05, 4.69) is 27.9 Å².